The van der Waals surface area contributed by atoms with Crippen LogP contribution in [-0.4, -0.2) is 70.3 Å². The van der Waals surface area contributed by atoms with Crippen LogP contribution in [0.5, 0.6) is 0 Å². The number of nitrogens with one attached hydrogen (secondary N) is 1. The molecule has 0 aliphatic carbocycles. The van der Waals surface area contributed by atoms with Crippen molar-refractivity contribution >= 4 is 43.3 Å². The first-order valence-corrected chi connectivity index (χ1v) is 12.6. The second-order valence-electron chi connectivity index (χ2n) is 6.47. The standard InChI is InChI=1S/C17H23ClN2O7S2/c1-3-20(4-2)29(25,26)13-5-6-15(18)14(9-13)17(22)27-10-16(21)19-12-7-8-28(23,24)11-12/h5-6,9,12H,3-4,7-8,10-11H2,1-2H3,(H,19,21). The SMILES string of the molecule is CCN(CC)S(=O)(=O)c1ccc(Cl)c(C(=O)OCC(=O)NC2CCS(=O)(=O)C2)c1. The average Bonchev–Trinajstić information content (AvgIpc) is 2.99. The van der Waals surface area contributed by atoms with Crippen molar-refractivity contribution < 1.29 is 31.2 Å². The van der Waals surface area contributed by atoms with Crippen LogP contribution in [0, 0.1) is 0 Å². The Hall–Kier alpha value is -1.69. The van der Waals surface area contributed by atoms with E-state index < -0.39 is 44.4 Å². The summed E-state index contributed by atoms with van der Waals surface area (Å²) >= 11 is 6.00. The number of carbonyl (C=O) groups is 2. The molecule has 1 aliphatic rings. The number of hydrogen-bond acceptors (Lipinski definition) is 7. The van der Waals surface area contributed by atoms with Crippen LogP contribution in [0.2, 0.25) is 5.02 Å². The fourth-order valence-corrected chi connectivity index (χ4v) is 6.27. The molecule has 12 heteroatoms. The largest absolute Gasteiger partial charge is 0.452 e. The van der Waals surface area contributed by atoms with Gasteiger partial charge in [-0.25, -0.2) is 21.6 Å². The van der Waals surface area contributed by atoms with Crippen LogP contribution in [0.1, 0.15) is 30.6 Å². The molecule has 2 rings (SSSR count). The number of benzene rings is 1. The van der Waals surface area contributed by atoms with Gasteiger partial charge in [0.25, 0.3) is 5.91 Å². The van der Waals surface area contributed by atoms with Gasteiger partial charge in [0.1, 0.15) is 0 Å². The summed E-state index contributed by atoms with van der Waals surface area (Å²) in [6, 6.07) is 3.16. The summed E-state index contributed by atoms with van der Waals surface area (Å²) in [5, 5.41) is 2.47. The van der Waals surface area contributed by atoms with Gasteiger partial charge in [-0.2, -0.15) is 4.31 Å². The number of nitrogens with zero attached hydrogens (tertiary/aromatic N) is 1. The number of hydrogen-bond donors (Lipinski definition) is 1. The lowest BCUT2D eigenvalue weighted by atomic mass is 10.2. The highest BCUT2D eigenvalue weighted by Crippen LogP contribution is 2.23. The number of rotatable bonds is 8. The predicted molar refractivity (Wildman–Crippen MR) is 107 cm³/mol. The number of esters is 1. The van der Waals surface area contributed by atoms with Gasteiger partial charge in [-0.15, -0.1) is 0 Å². The van der Waals surface area contributed by atoms with Crippen molar-refractivity contribution in [3.8, 4) is 0 Å². The molecule has 1 saturated heterocycles. The normalized spacial score (nSPS) is 18.6. The van der Waals surface area contributed by atoms with Crippen LogP contribution in [0.15, 0.2) is 23.1 Å². The van der Waals surface area contributed by atoms with Crippen molar-refractivity contribution in [1.29, 1.82) is 0 Å². The first kappa shape index (κ1) is 23.6. The Balaban J connectivity index is 2.06. The molecular weight excluding hydrogens is 444 g/mol. The van der Waals surface area contributed by atoms with E-state index in [2.05, 4.69) is 5.32 Å². The van der Waals surface area contributed by atoms with Crippen molar-refractivity contribution in [1.82, 2.24) is 9.62 Å². The van der Waals surface area contributed by atoms with E-state index in [4.69, 9.17) is 16.3 Å². The van der Waals surface area contributed by atoms with Crippen molar-refractivity contribution in [2.24, 2.45) is 0 Å². The minimum Gasteiger partial charge on any atom is -0.452 e. The Morgan fingerprint density at radius 3 is 2.48 bits per heavy atom. The quantitative estimate of drug-likeness (QED) is 0.562. The van der Waals surface area contributed by atoms with E-state index >= 15 is 0 Å². The number of sulfonamides is 1. The van der Waals surface area contributed by atoms with E-state index in [1.165, 1.54) is 16.4 Å². The van der Waals surface area contributed by atoms with E-state index in [-0.39, 0.29) is 40.1 Å². The highest BCUT2D eigenvalue weighted by molar-refractivity contribution is 7.91. The van der Waals surface area contributed by atoms with E-state index in [9.17, 15) is 26.4 Å². The third kappa shape index (κ3) is 5.91. The molecule has 1 N–H and O–H groups in total. The fourth-order valence-electron chi connectivity index (χ4n) is 2.92. The molecule has 162 valence electrons. The fraction of sp³-hybridized carbons (Fsp3) is 0.529. The van der Waals surface area contributed by atoms with Gasteiger partial charge < -0.3 is 10.1 Å². The second-order valence-corrected chi connectivity index (χ2v) is 11.0. The van der Waals surface area contributed by atoms with Crippen molar-refractivity contribution in [3.63, 3.8) is 0 Å². The zero-order valence-electron chi connectivity index (χ0n) is 16.1. The highest BCUT2D eigenvalue weighted by Gasteiger charge is 2.29. The lowest BCUT2D eigenvalue weighted by Gasteiger charge is -2.19. The molecule has 1 atom stereocenters. The highest BCUT2D eigenvalue weighted by atomic mass is 35.5. The Bertz CT molecular complexity index is 989. The summed E-state index contributed by atoms with van der Waals surface area (Å²) in [5.74, 6) is -1.76. The maximum absolute atomic E-state index is 12.6. The number of halogens is 1. The molecule has 9 nitrogen and oxygen atoms in total. The topological polar surface area (TPSA) is 127 Å². The maximum Gasteiger partial charge on any atom is 0.340 e. The predicted octanol–water partition coefficient (Wildman–Crippen LogP) is 0.831. The van der Waals surface area contributed by atoms with Crippen LogP contribution in [0.4, 0.5) is 0 Å². The number of ether oxygens (including phenoxy) is 1. The first-order chi connectivity index (χ1) is 13.5. The van der Waals surface area contributed by atoms with Crippen LogP contribution in [-0.2, 0) is 29.4 Å². The molecule has 0 radical (unpaired) electrons. The molecule has 1 fully saturated rings. The summed E-state index contributed by atoms with van der Waals surface area (Å²) in [6.45, 7) is 3.27. The molecule has 0 aromatic heterocycles. The van der Waals surface area contributed by atoms with Gasteiger partial charge in [0, 0.05) is 19.1 Å². The Morgan fingerprint density at radius 1 is 1.28 bits per heavy atom. The zero-order valence-corrected chi connectivity index (χ0v) is 18.4. The van der Waals surface area contributed by atoms with E-state index in [1.807, 2.05) is 0 Å². The van der Waals surface area contributed by atoms with E-state index in [0.717, 1.165) is 6.07 Å². The van der Waals surface area contributed by atoms with Crippen molar-refractivity contribution in [2.75, 3.05) is 31.2 Å². The Morgan fingerprint density at radius 2 is 1.93 bits per heavy atom. The molecule has 1 aliphatic heterocycles. The van der Waals surface area contributed by atoms with Crippen LogP contribution >= 0.6 is 11.6 Å². The third-order valence-corrected chi connectivity index (χ3v) is 8.58. The minimum absolute atomic E-state index is 0.00114. The summed E-state index contributed by atoms with van der Waals surface area (Å²) in [4.78, 5) is 24.1. The van der Waals surface area contributed by atoms with Gasteiger partial charge in [-0.05, 0) is 24.6 Å². The van der Waals surface area contributed by atoms with Crippen molar-refractivity contribution in [2.45, 2.75) is 31.2 Å². The van der Waals surface area contributed by atoms with Gasteiger partial charge in [-0.1, -0.05) is 25.4 Å². The number of sulfone groups is 1. The molecule has 0 bridgehead atoms. The van der Waals surface area contributed by atoms with Crippen LogP contribution in [0.3, 0.4) is 0 Å². The van der Waals surface area contributed by atoms with Crippen LogP contribution in [0.25, 0.3) is 0 Å². The molecule has 1 amide bonds. The molecule has 0 spiro atoms. The molecule has 1 aromatic carbocycles. The van der Waals surface area contributed by atoms with Gasteiger partial charge >= 0.3 is 5.97 Å². The second kappa shape index (κ2) is 9.41. The first-order valence-electron chi connectivity index (χ1n) is 8.96. The summed E-state index contributed by atoms with van der Waals surface area (Å²) in [5.41, 5.74) is -0.184. The lowest BCUT2D eigenvalue weighted by Crippen LogP contribution is -2.38. The van der Waals surface area contributed by atoms with Gasteiger partial charge in [0.05, 0.1) is 27.0 Å². The molecule has 1 aromatic rings. The average molecular weight is 467 g/mol. The smallest absolute Gasteiger partial charge is 0.340 e. The summed E-state index contributed by atoms with van der Waals surface area (Å²) in [7, 11) is -6.95. The molecule has 1 unspecified atom stereocenters. The zero-order chi connectivity index (χ0) is 21.8. The molecule has 1 heterocycles. The summed E-state index contributed by atoms with van der Waals surface area (Å²) < 4.78 is 54.2. The Kier molecular flexibility index (Phi) is 7.66. The van der Waals surface area contributed by atoms with E-state index in [0.29, 0.717) is 6.42 Å². The minimum atomic E-state index is -3.80. The monoisotopic (exact) mass is 466 g/mol. The van der Waals surface area contributed by atoms with Gasteiger partial charge in [0.2, 0.25) is 10.0 Å². The lowest BCUT2D eigenvalue weighted by molar-refractivity contribution is -0.124. The number of amides is 1. The molecule has 0 saturated carbocycles. The summed E-state index contributed by atoms with van der Waals surface area (Å²) in [6.07, 6.45) is 0.305. The molecular formula is C17H23ClN2O7S2. The van der Waals surface area contributed by atoms with E-state index in [1.54, 1.807) is 13.8 Å². The number of carbonyl (C=O) groups excluding carboxylic acids is 2. The van der Waals surface area contributed by atoms with Gasteiger partial charge in [0.15, 0.2) is 16.4 Å². The molecule has 29 heavy (non-hydrogen) atoms. The third-order valence-electron chi connectivity index (χ3n) is 4.43. The van der Waals surface area contributed by atoms with Crippen molar-refractivity contribution in [3.05, 3.63) is 28.8 Å². The van der Waals surface area contributed by atoms with Crippen LogP contribution < -0.4 is 5.32 Å². The van der Waals surface area contributed by atoms with Gasteiger partial charge in [-0.3, -0.25) is 4.79 Å². The maximum atomic E-state index is 12.6. The Labute approximate surface area is 175 Å².